The van der Waals surface area contributed by atoms with Crippen molar-refractivity contribution in [1.82, 2.24) is 15.1 Å². The van der Waals surface area contributed by atoms with Crippen LogP contribution in [0.1, 0.15) is 32.1 Å². The molecule has 0 aliphatic carbocycles. The highest BCUT2D eigenvalue weighted by molar-refractivity contribution is 6.35. The third kappa shape index (κ3) is 4.40. The van der Waals surface area contributed by atoms with Crippen LogP contribution in [-0.4, -0.2) is 21.7 Å². The molecular formula is C14H18Cl2N4O. The maximum absolute atomic E-state index is 6.08. The number of nitrogens with two attached hydrogens (primary N) is 1. The van der Waals surface area contributed by atoms with Crippen LogP contribution in [0.25, 0.3) is 11.5 Å². The summed E-state index contributed by atoms with van der Waals surface area (Å²) in [6.45, 7) is 2.87. The van der Waals surface area contributed by atoms with Gasteiger partial charge in [-0.2, -0.15) is 4.98 Å². The molecule has 0 aromatic carbocycles. The molecule has 0 radical (unpaired) electrons. The van der Waals surface area contributed by atoms with E-state index in [0.717, 1.165) is 25.7 Å². The highest BCUT2D eigenvalue weighted by Crippen LogP contribution is 2.26. The smallest absolute Gasteiger partial charge is 0.227 e. The molecule has 7 heteroatoms. The van der Waals surface area contributed by atoms with Gasteiger partial charge < -0.3 is 10.3 Å². The summed E-state index contributed by atoms with van der Waals surface area (Å²) < 4.78 is 5.25. The van der Waals surface area contributed by atoms with Crippen LogP contribution >= 0.6 is 23.2 Å². The second-order valence-corrected chi connectivity index (χ2v) is 5.73. The van der Waals surface area contributed by atoms with Crippen LogP contribution in [-0.2, 0) is 6.42 Å². The van der Waals surface area contributed by atoms with Gasteiger partial charge in [-0.25, -0.2) is 4.98 Å². The molecular weight excluding hydrogens is 311 g/mol. The van der Waals surface area contributed by atoms with Crippen molar-refractivity contribution in [3.63, 3.8) is 0 Å². The molecule has 2 N–H and O–H groups in total. The van der Waals surface area contributed by atoms with Crippen molar-refractivity contribution < 1.29 is 4.52 Å². The first kappa shape index (κ1) is 16.2. The van der Waals surface area contributed by atoms with E-state index < -0.39 is 0 Å². The third-order valence-electron chi connectivity index (χ3n) is 3.41. The molecule has 0 aliphatic rings. The summed E-state index contributed by atoms with van der Waals surface area (Å²) in [5.41, 5.74) is 6.07. The lowest BCUT2D eigenvalue weighted by atomic mass is 9.97. The second kappa shape index (κ2) is 7.73. The zero-order valence-corrected chi connectivity index (χ0v) is 13.4. The zero-order valence-electron chi connectivity index (χ0n) is 11.9. The lowest BCUT2D eigenvalue weighted by molar-refractivity contribution is 0.354. The van der Waals surface area contributed by atoms with E-state index in [4.69, 9.17) is 33.5 Å². The van der Waals surface area contributed by atoms with Gasteiger partial charge in [-0.1, -0.05) is 41.7 Å². The number of aromatic nitrogens is 3. The predicted molar refractivity (Wildman–Crippen MR) is 83.3 cm³/mol. The Hall–Kier alpha value is -1.17. The Morgan fingerprint density at radius 3 is 2.81 bits per heavy atom. The fourth-order valence-electron chi connectivity index (χ4n) is 2.15. The van der Waals surface area contributed by atoms with Crippen LogP contribution in [0.2, 0.25) is 10.0 Å². The van der Waals surface area contributed by atoms with Crippen molar-refractivity contribution in [3.8, 4) is 11.5 Å². The van der Waals surface area contributed by atoms with Gasteiger partial charge in [-0.3, -0.25) is 0 Å². The summed E-state index contributed by atoms with van der Waals surface area (Å²) >= 11 is 11.9. The van der Waals surface area contributed by atoms with Crippen LogP contribution in [0.5, 0.6) is 0 Å². The van der Waals surface area contributed by atoms with Gasteiger partial charge >= 0.3 is 0 Å². The predicted octanol–water partition coefficient (Wildman–Crippen LogP) is 3.75. The Bertz CT molecular complexity index is 588. The molecule has 2 aromatic rings. The van der Waals surface area contributed by atoms with Crippen LogP contribution in [0, 0.1) is 5.92 Å². The lowest BCUT2D eigenvalue weighted by Gasteiger charge is -2.11. The van der Waals surface area contributed by atoms with Crippen LogP contribution in [0.15, 0.2) is 16.8 Å². The zero-order chi connectivity index (χ0) is 15.2. The topological polar surface area (TPSA) is 77.8 Å². The van der Waals surface area contributed by atoms with Crippen molar-refractivity contribution in [3.05, 3.63) is 28.2 Å². The van der Waals surface area contributed by atoms with Crippen molar-refractivity contribution in [2.45, 2.75) is 32.6 Å². The first-order valence-corrected chi connectivity index (χ1v) is 7.73. The summed E-state index contributed by atoms with van der Waals surface area (Å²) in [6.07, 6.45) is 5.34. The Morgan fingerprint density at radius 1 is 1.33 bits per heavy atom. The van der Waals surface area contributed by atoms with E-state index >= 15 is 0 Å². The second-order valence-electron chi connectivity index (χ2n) is 4.89. The normalized spacial score (nSPS) is 12.6. The van der Waals surface area contributed by atoms with E-state index in [1.54, 1.807) is 6.07 Å². The SMILES string of the molecule is CCC(CCN)CCc1nc(-c2ncc(Cl)cc2Cl)no1. The van der Waals surface area contributed by atoms with Crippen molar-refractivity contribution in [2.75, 3.05) is 6.54 Å². The average Bonchev–Trinajstić information content (AvgIpc) is 2.92. The highest BCUT2D eigenvalue weighted by Gasteiger charge is 2.15. The maximum Gasteiger partial charge on any atom is 0.227 e. The molecule has 21 heavy (non-hydrogen) atoms. The molecule has 0 aliphatic heterocycles. The minimum Gasteiger partial charge on any atom is -0.339 e. The van der Waals surface area contributed by atoms with Gasteiger partial charge in [0.2, 0.25) is 11.7 Å². The molecule has 0 fully saturated rings. The Morgan fingerprint density at radius 2 is 2.14 bits per heavy atom. The molecule has 0 saturated carbocycles. The van der Waals surface area contributed by atoms with E-state index in [1.807, 2.05) is 0 Å². The monoisotopic (exact) mass is 328 g/mol. The Labute approximate surface area is 133 Å². The summed E-state index contributed by atoms with van der Waals surface area (Å²) in [6, 6.07) is 1.61. The highest BCUT2D eigenvalue weighted by atomic mass is 35.5. The van der Waals surface area contributed by atoms with E-state index in [9.17, 15) is 0 Å². The minimum absolute atomic E-state index is 0.388. The van der Waals surface area contributed by atoms with Crippen LogP contribution in [0.3, 0.4) is 0 Å². The third-order valence-corrected chi connectivity index (χ3v) is 3.90. The molecule has 1 atom stereocenters. The molecule has 0 amide bonds. The van der Waals surface area contributed by atoms with E-state index in [-0.39, 0.29) is 0 Å². The average molecular weight is 329 g/mol. The largest absolute Gasteiger partial charge is 0.339 e. The fraction of sp³-hybridized carbons (Fsp3) is 0.500. The Balaban J connectivity index is 2.04. The van der Waals surface area contributed by atoms with E-state index in [1.165, 1.54) is 6.20 Å². The standard InChI is InChI=1S/C14H18Cl2N4O/c1-2-9(5-6-17)3-4-12-19-14(20-21-12)13-11(16)7-10(15)8-18-13/h7-9H,2-6,17H2,1H3. The van der Waals surface area contributed by atoms with Gasteiger partial charge in [0, 0.05) is 12.6 Å². The van der Waals surface area contributed by atoms with Crippen molar-refractivity contribution >= 4 is 23.2 Å². The number of hydrogen-bond donors (Lipinski definition) is 1. The van der Waals surface area contributed by atoms with Gasteiger partial charge in [-0.15, -0.1) is 0 Å². The molecule has 5 nitrogen and oxygen atoms in total. The summed E-state index contributed by atoms with van der Waals surface area (Å²) in [5.74, 6) is 1.56. The maximum atomic E-state index is 6.08. The number of pyridine rings is 1. The van der Waals surface area contributed by atoms with Crippen molar-refractivity contribution in [1.29, 1.82) is 0 Å². The molecule has 1 unspecified atom stereocenters. The molecule has 114 valence electrons. The van der Waals surface area contributed by atoms with Crippen LogP contribution < -0.4 is 5.73 Å². The summed E-state index contributed by atoms with van der Waals surface area (Å²) in [4.78, 5) is 8.48. The minimum atomic E-state index is 0.388. The Kier molecular flexibility index (Phi) is 5.96. The quantitative estimate of drug-likeness (QED) is 0.837. The molecule has 0 spiro atoms. The summed E-state index contributed by atoms with van der Waals surface area (Å²) in [5, 5.41) is 4.80. The van der Waals surface area contributed by atoms with Gasteiger partial charge in [-0.05, 0) is 31.4 Å². The lowest BCUT2D eigenvalue weighted by Crippen LogP contribution is -2.09. The van der Waals surface area contributed by atoms with E-state index in [2.05, 4.69) is 22.0 Å². The van der Waals surface area contributed by atoms with Gasteiger partial charge in [0.1, 0.15) is 5.69 Å². The molecule has 2 rings (SSSR count). The first-order valence-electron chi connectivity index (χ1n) is 6.98. The molecule has 2 heterocycles. The first-order chi connectivity index (χ1) is 10.1. The van der Waals surface area contributed by atoms with Crippen molar-refractivity contribution in [2.24, 2.45) is 11.7 Å². The number of rotatable bonds is 7. The van der Waals surface area contributed by atoms with Crippen LogP contribution in [0.4, 0.5) is 0 Å². The van der Waals surface area contributed by atoms with Gasteiger partial charge in [0.15, 0.2) is 0 Å². The number of hydrogen-bond acceptors (Lipinski definition) is 5. The molecule has 0 bridgehead atoms. The van der Waals surface area contributed by atoms with Gasteiger partial charge in [0.05, 0.1) is 10.0 Å². The summed E-state index contributed by atoms with van der Waals surface area (Å²) in [7, 11) is 0. The van der Waals surface area contributed by atoms with Gasteiger partial charge in [0.25, 0.3) is 0 Å². The number of nitrogens with zero attached hydrogens (tertiary/aromatic N) is 3. The number of halogens is 2. The van der Waals surface area contributed by atoms with E-state index in [0.29, 0.717) is 39.9 Å². The molecule has 2 aromatic heterocycles. The fourth-order valence-corrected chi connectivity index (χ4v) is 2.61. The molecule has 0 saturated heterocycles. The number of aryl methyl sites for hydroxylation is 1.